The number of hydrogen-bond acceptors (Lipinski definition) is 13. The predicted molar refractivity (Wildman–Crippen MR) is 372 cm³/mol. The molecule has 7 aliphatic rings. The van der Waals surface area contributed by atoms with Crippen molar-refractivity contribution in [1.82, 2.24) is 60.0 Å². The third-order valence-corrected chi connectivity index (χ3v) is 24.0. The van der Waals surface area contributed by atoms with Crippen molar-refractivity contribution in [2.45, 2.75) is 261 Å². The maximum Gasteiger partial charge on any atom is 0.397 e. The summed E-state index contributed by atoms with van der Waals surface area (Å²) in [5.41, 5.74) is -1.69. The fourth-order valence-corrected chi connectivity index (χ4v) is 16.6. The topological polar surface area (TPSA) is 279 Å². The van der Waals surface area contributed by atoms with Gasteiger partial charge in [-0.15, -0.1) is 0 Å². The second-order valence-electron chi connectivity index (χ2n) is 31.6. The quantitative estimate of drug-likeness (QED) is 0.195. The van der Waals surface area contributed by atoms with E-state index in [0.29, 0.717) is 25.7 Å². The molecule has 4 aliphatic heterocycles. The maximum atomic E-state index is 15.5. The van der Waals surface area contributed by atoms with Gasteiger partial charge in [0.2, 0.25) is 70.9 Å². The van der Waals surface area contributed by atoms with Gasteiger partial charge in [0.05, 0.1) is 32.1 Å². The molecule has 7 rings (SSSR count). The molecular formula is C73H114F8N12O13. The van der Waals surface area contributed by atoms with Crippen LogP contribution in [0.5, 0.6) is 0 Å². The number of carbonyl (C=O) groups is 12. The number of nitrogens with zero attached hydrogens (tertiary/aromatic N) is 9. The van der Waals surface area contributed by atoms with Crippen LogP contribution in [-0.4, -0.2) is 288 Å². The van der Waals surface area contributed by atoms with Crippen LogP contribution in [0.15, 0.2) is 0 Å². The van der Waals surface area contributed by atoms with Gasteiger partial charge in [-0.25, -0.2) is 8.78 Å². The molecule has 4 saturated heterocycles. The number of hydrogen-bond donors (Lipinski definition) is 3. The first-order chi connectivity index (χ1) is 49.6. The largest absolute Gasteiger partial charge is 0.397 e. The molecule has 7 fully saturated rings. The second kappa shape index (κ2) is 36.5. The summed E-state index contributed by atoms with van der Waals surface area (Å²) in [5.74, 6) is -16.9. The summed E-state index contributed by atoms with van der Waals surface area (Å²) in [5, 5.41) is 8.43. The van der Waals surface area contributed by atoms with Crippen molar-refractivity contribution in [3.05, 3.63) is 0 Å². The molecule has 0 aromatic carbocycles. The van der Waals surface area contributed by atoms with Gasteiger partial charge in [-0.05, 0) is 133 Å². The number of rotatable bonds is 12. The van der Waals surface area contributed by atoms with Crippen LogP contribution in [0, 0.1) is 41.4 Å². The number of likely N-dealkylation sites (N-methyl/N-ethyl adjacent to an activating group) is 6. The number of morpholine rings is 1. The summed E-state index contributed by atoms with van der Waals surface area (Å²) in [7, 11) is 7.96. The van der Waals surface area contributed by atoms with Crippen LogP contribution in [0.1, 0.15) is 177 Å². The second-order valence-corrected chi connectivity index (χ2v) is 31.6. The van der Waals surface area contributed by atoms with Gasteiger partial charge in [-0.3, -0.25) is 57.5 Å². The summed E-state index contributed by atoms with van der Waals surface area (Å²) < 4.78 is 120. The zero-order valence-electron chi connectivity index (χ0n) is 63.8. The monoisotopic (exact) mass is 1520 g/mol. The Labute approximate surface area is 617 Å². The molecule has 0 bridgehead atoms. The lowest BCUT2D eigenvalue weighted by Gasteiger charge is -2.45. The molecule has 0 aromatic rings. The van der Waals surface area contributed by atoms with E-state index in [9.17, 15) is 55.1 Å². The van der Waals surface area contributed by atoms with E-state index in [0.717, 1.165) is 24.5 Å². The van der Waals surface area contributed by atoms with Crippen molar-refractivity contribution in [2.75, 3.05) is 88.2 Å². The van der Waals surface area contributed by atoms with Crippen molar-refractivity contribution in [2.24, 2.45) is 41.4 Å². The summed E-state index contributed by atoms with van der Waals surface area (Å²) >= 11 is 0. The fraction of sp³-hybridized carbons (Fsp3) is 0.836. The van der Waals surface area contributed by atoms with Gasteiger partial charge in [0, 0.05) is 68.5 Å². The lowest BCUT2D eigenvalue weighted by atomic mass is 9.76. The molecule has 0 radical (unpaired) electrons. The third-order valence-electron chi connectivity index (χ3n) is 24.0. The summed E-state index contributed by atoms with van der Waals surface area (Å²) in [4.78, 5) is 191. The van der Waals surface area contributed by atoms with E-state index < -0.39 is 223 Å². The summed E-state index contributed by atoms with van der Waals surface area (Å²) in [6, 6.07) is -12.4. The van der Waals surface area contributed by atoms with E-state index >= 15 is 37.5 Å². The Bertz CT molecular complexity index is 3140. The van der Waals surface area contributed by atoms with E-state index in [1.165, 1.54) is 68.8 Å². The number of alkyl halides is 8. The molecule has 1 spiro atoms. The predicted octanol–water partition coefficient (Wildman–Crippen LogP) is 5.79. The first-order valence-electron chi connectivity index (χ1n) is 38.0. The molecule has 106 heavy (non-hydrogen) atoms. The standard InChI is InChI=1S/C73H114F8N12O13/c1-14-42(5)59-68(103)86(9)44(7)63(98)93-30-26-52(93)66(101)88(11)54(38-45-20-23-47(24-21-45)72(76,77)78)65(100)85(8)40-56(94)82-50(25-22-46-36-48(74)58(49(75)37-46)73(79,80)81)64(99)92-29-18-19-51(92)62(97)84-71(27-16-17-28-71)70(105)90(13)60(43(6)15-2)69(104)89(12)55(67(102)91-31-33-106-34-32-91)39-57(95)87(10)53(35-41(3)4)61(96)83-59/h41-55,58-60H,14-40H2,1-13H3,(H,82,94)(H,83,96)(H,84,97)/t42-,43-,44-,45?,46?,47?,48?,49?,50-,51-,52-,53-,54-,55-,58?,59-,60-/m0/s1. The van der Waals surface area contributed by atoms with Crippen molar-refractivity contribution in [3.63, 3.8) is 0 Å². The van der Waals surface area contributed by atoms with Crippen LogP contribution in [0.2, 0.25) is 0 Å². The van der Waals surface area contributed by atoms with Gasteiger partial charge >= 0.3 is 12.4 Å². The lowest BCUT2D eigenvalue weighted by Crippen LogP contribution is -2.65. The number of fused-ring (bicyclic) bond motifs is 2. The average molecular weight is 1520 g/mol. The SMILES string of the molecule is CC[C@H](C)[C@@H]1NC(=O)[C@H](CC(C)C)N(C)C(=O)C[C@@H](C(=O)N2CCOCC2)N(C)C(=O)[C@H]([C@@H](C)CC)N(C)C(=O)C2(CCCC2)NC(=O)[C@@H]2CCCN2C(=O)[C@H](CCC2CC(F)C(C(F)(F)F)C(F)C2)NC(=O)CN(C)C(=O)[C@H](CC2CCC(C(F)(F)F)CC2)N(C)C(=O)[C@@H]2CCN2C(=O)[C@H](C)N(C)C1=O. The van der Waals surface area contributed by atoms with Crippen molar-refractivity contribution < 1.29 is 97.4 Å². The molecule has 600 valence electrons. The van der Waals surface area contributed by atoms with E-state index in [1.54, 1.807) is 27.7 Å². The van der Waals surface area contributed by atoms with Gasteiger partial charge < -0.3 is 64.8 Å². The minimum absolute atomic E-state index is 0.00502. The van der Waals surface area contributed by atoms with Crippen LogP contribution >= 0.6 is 0 Å². The highest BCUT2D eigenvalue weighted by Gasteiger charge is 2.56. The smallest absolute Gasteiger partial charge is 0.378 e. The van der Waals surface area contributed by atoms with Crippen LogP contribution in [0.4, 0.5) is 35.1 Å². The van der Waals surface area contributed by atoms with Gasteiger partial charge in [0.25, 0.3) is 0 Å². The molecule has 2 unspecified atom stereocenters. The van der Waals surface area contributed by atoms with Crippen molar-refractivity contribution >= 4 is 70.9 Å². The van der Waals surface area contributed by atoms with Crippen molar-refractivity contribution in [3.8, 4) is 0 Å². The molecule has 25 nitrogen and oxygen atoms in total. The first-order valence-corrected chi connectivity index (χ1v) is 38.0. The first kappa shape index (κ1) is 86.3. The lowest BCUT2D eigenvalue weighted by molar-refractivity contribution is -0.219. The molecule has 12 amide bonds. The summed E-state index contributed by atoms with van der Waals surface area (Å²) in [6.45, 7) is 11.6. The molecule has 33 heteroatoms. The van der Waals surface area contributed by atoms with E-state index in [2.05, 4.69) is 16.0 Å². The number of carbonyl (C=O) groups excluding carboxylic acids is 12. The zero-order chi connectivity index (χ0) is 78.9. The zero-order valence-corrected chi connectivity index (χ0v) is 63.8. The molecule has 0 aromatic heterocycles. The van der Waals surface area contributed by atoms with Gasteiger partial charge in [0.1, 0.15) is 78.2 Å². The van der Waals surface area contributed by atoms with Gasteiger partial charge in [0.15, 0.2) is 0 Å². The highest BCUT2D eigenvalue weighted by atomic mass is 19.4. The Morgan fingerprint density at radius 3 is 1.73 bits per heavy atom. The minimum atomic E-state index is -5.20. The Kier molecular flexibility index (Phi) is 29.7. The molecule has 4 heterocycles. The Balaban J connectivity index is 1.30. The van der Waals surface area contributed by atoms with Crippen LogP contribution in [0.25, 0.3) is 0 Å². The van der Waals surface area contributed by atoms with E-state index in [4.69, 9.17) is 4.74 Å². The maximum absolute atomic E-state index is 15.5. The van der Waals surface area contributed by atoms with Crippen molar-refractivity contribution in [1.29, 1.82) is 0 Å². The highest BCUT2D eigenvalue weighted by Crippen LogP contribution is 2.45. The molecule has 3 N–H and O–H groups in total. The number of ether oxygens (including phenoxy) is 1. The summed E-state index contributed by atoms with van der Waals surface area (Å²) in [6.07, 6.45) is -16.6. The Hall–Kier alpha value is -6.96. The molecule has 13 atom stereocenters. The fourth-order valence-electron chi connectivity index (χ4n) is 16.6. The van der Waals surface area contributed by atoms with Crippen LogP contribution in [-0.2, 0) is 62.3 Å². The van der Waals surface area contributed by atoms with Gasteiger partial charge in [-0.2, -0.15) is 26.3 Å². The third kappa shape index (κ3) is 20.1. The average Bonchev–Trinajstić information content (AvgIpc) is 1.32. The number of amides is 12. The van der Waals surface area contributed by atoms with E-state index in [1.807, 2.05) is 13.8 Å². The van der Waals surface area contributed by atoms with Crippen LogP contribution in [0.3, 0.4) is 0 Å². The Morgan fingerprint density at radius 1 is 0.585 bits per heavy atom. The van der Waals surface area contributed by atoms with E-state index in [-0.39, 0.29) is 122 Å². The number of halogens is 8. The molecule has 3 saturated carbocycles. The highest BCUT2D eigenvalue weighted by molar-refractivity contribution is 6.01. The normalized spacial score (nSPS) is 32.3. The Morgan fingerprint density at radius 2 is 1.18 bits per heavy atom. The minimum Gasteiger partial charge on any atom is -0.378 e. The number of nitrogens with one attached hydrogen (secondary N) is 3. The van der Waals surface area contributed by atoms with Gasteiger partial charge in [-0.1, -0.05) is 67.2 Å². The van der Waals surface area contributed by atoms with Crippen LogP contribution < -0.4 is 16.0 Å². The molecule has 3 aliphatic carbocycles. The molecular weight excluding hydrogens is 1400 g/mol.